The lowest BCUT2D eigenvalue weighted by Crippen LogP contribution is -2.52. The zero-order chi connectivity index (χ0) is 15.5. The summed E-state index contributed by atoms with van der Waals surface area (Å²) in [6.45, 7) is 13.4. The summed E-state index contributed by atoms with van der Waals surface area (Å²) < 4.78 is 0. The fourth-order valence-corrected chi connectivity index (χ4v) is 4.28. The Morgan fingerprint density at radius 3 is 2.67 bits per heavy atom. The lowest BCUT2D eigenvalue weighted by molar-refractivity contribution is -0.00310. The molecule has 0 radical (unpaired) electrons. The summed E-state index contributed by atoms with van der Waals surface area (Å²) in [6, 6.07) is 0.561. The van der Waals surface area contributed by atoms with Gasteiger partial charge in [-0.15, -0.1) is 0 Å². The predicted octanol–water partition coefficient (Wildman–Crippen LogP) is 2.88. The molecule has 2 fully saturated rings. The van der Waals surface area contributed by atoms with Crippen LogP contribution in [0.1, 0.15) is 59.8 Å². The van der Waals surface area contributed by atoms with E-state index in [0.717, 1.165) is 32.0 Å². The monoisotopic (exact) mass is 296 g/mol. The summed E-state index contributed by atoms with van der Waals surface area (Å²) >= 11 is 0. The quantitative estimate of drug-likeness (QED) is 0.819. The van der Waals surface area contributed by atoms with Gasteiger partial charge in [0.1, 0.15) is 0 Å². The fourth-order valence-electron chi connectivity index (χ4n) is 4.28. The van der Waals surface area contributed by atoms with E-state index in [1.165, 1.54) is 32.2 Å². The largest absolute Gasteiger partial charge is 0.392 e. The highest BCUT2D eigenvalue weighted by Crippen LogP contribution is 2.40. The van der Waals surface area contributed by atoms with Crippen LogP contribution in [0.3, 0.4) is 0 Å². The molecule has 1 saturated heterocycles. The van der Waals surface area contributed by atoms with Crippen molar-refractivity contribution in [2.75, 3.05) is 26.2 Å². The summed E-state index contributed by atoms with van der Waals surface area (Å²) in [5.74, 6) is 1.32. The number of piperidine rings is 1. The van der Waals surface area contributed by atoms with Crippen molar-refractivity contribution in [3.63, 3.8) is 0 Å². The van der Waals surface area contributed by atoms with Crippen LogP contribution in [0.4, 0.5) is 0 Å². The number of rotatable bonds is 5. The van der Waals surface area contributed by atoms with E-state index in [4.69, 9.17) is 0 Å². The van der Waals surface area contributed by atoms with Crippen molar-refractivity contribution >= 4 is 0 Å². The third kappa shape index (κ3) is 4.94. The average molecular weight is 296 g/mol. The summed E-state index contributed by atoms with van der Waals surface area (Å²) in [4.78, 5) is 2.53. The molecule has 3 nitrogen and oxygen atoms in total. The zero-order valence-electron chi connectivity index (χ0n) is 14.6. The Balaban J connectivity index is 1.98. The van der Waals surface area contributed by atoms with Gasteiger partial charge in [-0.1, -0.05) is 40.5 Å². The molecule has 1 heterocycles. The molecular formula is C18H36N2O. The molecule has 1 saturated carbocycles. The van der Waals surface area contributed by atoms with Crippen LogP contribution in [0, 0.1) is 17.3 Å². The van der Waals surface area contributed by atoms with Gasteiger partial charge in [0.2, 0.25) is 0 Å². The smallest absolute Gasteiger partial charge is 0.0693 e. The molecule has 2 rings (SSSR count). The van der Waals surface area contributed by atoms with E-state index in [1.807, 2.05) is 0 Å². The molecule has 2 N–H and O–H groups in total. The lowest BCUT2D eigenvalue weighted by atomic mass is 9.69. The Morgan fingerprint density at radius 1 is 1.29 bits per heavy atom. The SMILES string of the molecule is CC1CCCC(CNC(C)C)(CN2CCC(C)C(O)C2)C1. The van der Waals surface area contributed by atoms with E-state index in [9.17, 15) is 5.11 Å². The summed E-state index contributed by atoms with van der Waals surface area (Å²) in [5.41, 5.74) is 0.419. The van der Waals surface area contributed by atoms with E-state index >= 15 is 0 Å². The first kappa shape index (κ1) is 17.2. The van der Waals surface area contributed by atoms with Crippen LogP contribution in [0.15, 0.2) is 0 Å². The average Bonchev–Trinajstić information content (AvgIpc) is 2.41. The number of hydrogen-bond acceptors (Lipinski definition) is 3. The topological polar surface area (TPSA) is 35.5 Å². The molecule has 0 spiro atoms. The minimum absolute atomic E-state index is 0.130. The van der Waals surface area contributed by atoms with Crippen molar-refractivity contribution < 1.29 is 5.11 Å². The van der Waals surface area contributed by atoms with Crippen LogP contribution in [0.5, 0.6) is 0 Å². The minimum atomic E-state index is -0.130. The van der Waals surface area contributed by atoms with Gasteiger partial charge in [-0.3, -0.25) is 0 Å². The molecule has 1 aliphatic heterocycles. The molecule has 4 atom stereocenters. The molecule has 0 aromatic carbocycles. The molecule has 3 heteroatoms. The van der Waals surface area contributed by atoms with Gasteiger partial charge in [0, 0.05) is 25.7 Å². The number of likely N-dealkylation sites (tertiary alicyclic amines) is 1. The number of nitrogens with zero attached hydrogens (tertiary/aromatic N) is 1. The summed E-state index contributed by atoms with van der Waals surface area (Å²) in [6.07, 6.45) is 6.46. The highest BCUT2D eigenvalue weighted by atomic mass is 16.3. The lowest BCUT2D eigenvalue weighted by Gasteiger charge is -2.46. The molecule has 0 bridgehead atoms. The van der Waals surface area contributed by atoms with Gasteiger partial charge in [0.15, 0.2) is 0 Å². The maximum Gasteiger partial charge on any atom is 0.0693 e. The summed E-state index contributed by atoms with van der Waals surface area (Å²) in [7, 11) is 0. The number of aliphatic hydroxyl groups excluding tert-OH is 1. The normalized spacial score (nSPS) is 38.9. The first-order valence-electron chi connectivity index (χ1n) is 9.04. The van der Waals surface area contributed by atoms with E-state index < -0.39 is 0 Å². The van der Waals surface area contributed by atoms with Crippen LogP contribution < -0.4 is 5.32 Å². The number of β-amino-alcohol motifs (C(OH)–C–C–N with tert-alkyl or cyclic N) is 1. The molecule has 1 aliphatic carbocycles. The Hall–Kier alpha value is -0.120. The van der Waals surface area contributed by atoms with Crippen molar-refractivity contribution in [2.45, 2.75) is 71.9 Å². The van der Waals surface area contributed by atoms with Crippen LogP contribution >= 0.6 is 0 Å². The standard InChI is InChI=1S/C18H36N2O/c1-14(2)19-12-18(8-5-6-15(3)10-18)13-20-9-7-16(4)17(21)11-20/h14-17,19,21H,5-13H2,1-4H3. The van der Waals surface area contributed by atoms with Crippen molar-refractivity contribution in [1.29, 1.82) is 0 Å². The Bertz CT molecular complexity index is 320. The fraction of sp³-hybridized carbons (Fsp3) is 1.00. The van der Waals surface area contributed by atoms with Crippen LogP contribution in [-0.2, 0) is 0 Å². The molecule has 0 aromatic heterocycles. The van der Waals surface area contributed by atoms with Crippen molar-refractivity contribution in [2.24, 2.45) is 17.3 Å². The second-order valence-electron chi connectivity index (χ2n) is 8.31. The Labute approximate surface area is 131 Å². The zero-order valence-corrected chi connectivity index (χ0v) is 14.6. The van der Waals surface area contributed by atoms with Gasteiger partial charge in [0.05, 0.1) is 6.10 Å². The van der Waals surface area contributed by atoms with E-state index in [0.29, 0.717) is 17.4 Å². The molecule has 124 valence electrons. The molecule has 0 aromatic rings. The third-order valence-electron chi connectivity index (χ3n) is 5.63. The minimum Gasteiger partial charge on any atom is -0.392 e. The molecule has 2 aliphatic rings. The maximum atomic E-state index is 10.2. The van der Waals surface area contributed by atoms with Gasteiger partial charge in [0.25, 0.3) is 0 Å². The molecular weight excluding hydrogens is 260 g/mol. The Morgan fingerprint density at radius 2 is 2.05 bits per heavy atom. The van der Waals surface area contributed by atoms with Crippen LogP contribution in [0.2, 0.25) is 0 Å². The highest BCUT2D eigenvalue weighted by Gasteiger charge is 2.38. The second-order valence-corrected chi connectivity index (χ2v) is 8.31. The van der Waals surface area contributed by atoms with Crippen molar-refractivity contribution in [3.8, 4) is 0 Å². The highest BCUT2D eigenvalue weighted by molar-refractivity contribution is 4.92. The third-order valence-corrected chi connectivity index (χ3v) is 5.63. The van der Waals surface area contributed by atoms with E-state index in [1.54, 1.807) is 0 Å². The second kappa shape index (κ2) is 7.43. The van der Waals surface area contributed by atoms with Gasteiger partial charge in [-0.05, 0) is 43.1 Å². The van der Waals surface area contributed by atoms with Gasteiger partial charge >= 0.3 is 0 Å². The molecule has 4 unspecified atom stereocenters. The summed E-state index contributed by atoms with van der Waals surface area (Å²) in [5, 5.41) is 13.9. The van der Waals surface area contributed by atoms with Gasteiger partial charge in [-0.25, -0.2) is 0 Å². The van der Waals surface area contributed by atoms with Gasteiger partial charge < -0.3 is 15.3 Å². The Kier molecular flexibility index (Phi) is 6.10. The van der Waals surface area contributed by atoms with E-state index in [-0.39, 0.29) is 6.10 Å². The predicted molar refractivity (Wildman–Crippen MR) is 89.4 cm³/mol. The maximum absolute atomic E-state index is 10.2. The first-order valence-corrected chi connectivity index (χ1v) is 9.04. The first-order chi connectivity index (χ1) is 9.90. The molecule has 21 heavy (non-hydrogen) atoms. The van der Waals surface area contributed by atoms with Gasteiger partial charge in [-0.2, -0.15) is 0 Å². The molecule has 0 amide bonds. The number of hydrogen-bond donors (Lipinski definition) is 2. The van der Waals surface area contributed by atoms with Crippen LogP contribution in [0.25, 0.3) is 0 Å². The number of aliphatic hydroxyl groups is 1. The van der Waals surface area contributed by atoms with Crippen LogP contribution in [-0.4, -0.2) is 48.3 Å². The van der Waals surface area contributed by atoms with Crippen molar-refractivity contribution in [3.05, 3.63) is 0 Å². The van der Waals surface area contributed by atoms with E-state index in [2.05, 4.69) is 37.9 Å². The van der Waals surface area contributed by atoms with Crippen molar-refractivity contribution in [1.82, 2.24) is 10.2 Å². The number of nitrogens with one attached hydrogen (secondary N) is 1.